The second-order valence-corrected chi connectivity index (χ2v) is 3.27. The fraction of sp³-hybridized carbons (Fsp3) is 0.333. The normalized spacial score (nSPS) is 12.8. The van der Waals surface area contributed by atoms with E-state index in [1.807, 2.05) is 0 Å². The molecule has 16 heavy (non-hydrogen) atoms. The lowest BCUT2D eigenvalue weighted by Gasteiger charge is -2.04. The molecule has 0 radical (unpaired) electrons. The van der Waals surface area contributed by atoms with Crippen molar-refractivity contribution >= 4 is 17.3 Å². The maximum absolute atomic E-state index is 10.8. The van der Waals surface area contributed by atoms with Gasteiger partial charge in [-0.05, 0) is 6.07 Å². The molecular weight excluding hydrogens is 238 g/mol. The van der Waals surface area contributed by atoms with Crippen LogP contribution in [-0.4, -0.2) is 17.8 Å². The number of halogens is 1. The molecule has 0 N–H and O–H groups in total. The summed E-state index contributed by atoms with van der Waals surface area (Å²) in [5.41, 5.74) is 0.351. The van der Waals surface area contributed by atoms with Crippen molar-refractivity contribution < 1.29 is 19.1 Å². The zero-order valence-electron chi connectivity index (χ0n) is 8.14. The van der Waals surface area contributed by atoms with Crippen LogP contribution in [0.1, 0.15) is 5.56 Å². The highest BCUT2D eigenvalue weighted by atomic mass is 35.5. The second-order valence-electron chi connectivity index (χ2n) is 3.05. The predicted molar refractivity (Wildman–Crippen MR) is 54.7 cm³/mol. The second kappa shape index (κ2) is 4.54. The molecule has 1 aliphatic heterocycles. The fourth-order valence-corrected chi connectivity index (χ4v) is 1.48. The van der Waals surface area contributed by atoms with E-state index in [1.165, 1.54) is 12.1 Å². The van der Waals surface area contributed by atoms with Crippen molar-refractivity contribution in [2.24, 2.45) is 0 Å². The summed E-state index contributed by atoms with van der Waals surface area (Å²) in [5, 5.41) is 10.8. The summed E-state index contributed by atoms with van der Waals surface area (Å²) in [6.07, 6.45) is 0. The summed E-state index contributed by atoms with van der Waals surface area (Å²) >= 11 is 5.35. The molecule has 86 valence electrons. The molecule has 0 spiro atoms. The van der Waals surface area contributed by atoms with Gasteiger partial charge >= 0.3 is 0 Å². The molecule has 0 fully saturated rings. The monoisotopic (exact) mass is 245 g/mol. The van der Waals surface area contributed by atoms with Gasteiger partial charge in [0.25, 0.3) is 5.69 Å². The van der Waals surface area contributed by atoms with Crippen LogP contribution in [0.2, 0.25) is 0 Å². The molecule has 0 saturated carbocycles. The zero-order valence-corrected chi connectivity index (χ0v) is 8.90. The highest BCUT2D eigenvalue weighted by molar-refractivity contribution is 6.17. The van der Waals surface area contributed by atoms with E-state index in [9.17, 15) is 10.1 Å². The molecule has 1 aromatic rings. The van der Waals surface area contributed by atoms with Crippen LogP contribution in [-0.2, 0) is 11.3 Å². The molecular formula is C9H8ClNO5. The van der Waals surface area contributed by atoms with Crippen molar-refractivity contribution in [3.63, 3.8) is 0 Å². The van der Waals surface area contributed by atoms with Crippen LogP contribution < -0.4 is 9.47 Å². The lowest BCUT2D eigenvalue weighted by atomic mass is 10.1. The van der Waals surface area contributed by atoms with Gasteiger partial charge in [-0.15, -0.1) is 0 Å². The van der Waals surface area contributed by atoms with Crippen molar-refractivity contribution in [2.45, 2.75) is 6.61 Å². The molecule has 2 rings (SSSR count). The minimum Gasteiger partial charge on any atom is -0.454 e. The van der Waals surface area contributed by atoms with Crippen LogP contribution in [0.3, 0.4) is 0 Å². The molecule has 0 aromatic heterocycles. The first-order valence-electron chi connectivity index (χ1n) is 4.43. The minimum atomic E-state index is -0.491. The first-order chi connectivity index (χ1) is 7.72. The Morgan fingerprint density at radius 3 is 2.75 bits per heavy atom. The minimum absolute atomic E-state index is 0.0222. The fourth-order valence-electron chi connectivity index (χ4n) is 1.41. The van der Waals surface area contributed by atoms with Gasteiger partial charge in [-0.2, -0.15) is 0 Å². The molecule has 0 amide bonds. The summed E-state index contributed by atoms with van der Waals surface area (Å²) in [6.45, 7) is 0.142. The predicted octanol–water partition coefficient (Wildman–Crippen LogP) is 2.04. The highest BCUT2D eigenvalue weighted by Crippen LogP contribution is 2.38. The number of nitrogens with zero attached hydrogens (tertiary/aromatic N) is 1. The van der Waals surface area contributed by atoms with Gasteiger partial charge in [-0.25, -0.2) is 0 Å². The van der Waals surface area contributed by atoms with Crippen molar-refractivity contribution in [1.29, 1.82) is 0 Å². The number of fused-ring (bicyclic) bond motifs is 1. The quantitative estimate of drug-likeness (QED) is 0.461. The Kier molecular flexibility index (Phi) is 3.12. The van der Waals surface area contributed by atoms with Gasteiger partial charge in [0.05, 0.1) is 23.2 Å². The van der Waals surface area contributed by atoms with Gasteiger partial charge in [0.1, 0.15) is 6.07 Å². The van der Waals surface area contributed by atoms with E-state index in [0.717, 1.165) is 0 Å². The van der Waals surface area contributed by atoms with E-state index in [4.69, 9.17) is 25.8 Å². The Labute approximate surface area is 95.8 Å². The maximum Gasteiger partial charge on any atom is 0.278 e. The summed E-state index contributed by atoms with van der Waals surface area (Å²) < 4.78 is 15.1. The average molecular weight is 246 g/mol. The lowest BCUT2D eigenvalue weighted by molar-refractivity contribution is -0.386. The van der Waals surface area contributed by atoms with E-state index < -0.39 is 4.92 Å². The smallest absolute Gasteiger partial charge is 0.278 e. The Balaban J connectivity index is 2.36. The van der Waals surface area contributed by atoms with Crippen LogP contribution >= 0.6 is 11.6 Å². The van der Waals surface area contributed by atoms with Crippen LogP contribution in [0.5, 0.6) is 11.5 Å². The maximum atomic E-state index is 10.8. The molecule has 0 saturated heterocycles. The number of hydrogen-bond acceptors (Lipinski definition) is 5. The van der Waals surface area contributed by atoms with Crippen LogP contribution in [0.25, 0.3) is 0 Å². The van der Waals surface area contributed by atoms with Crippen LogP contribution in [0.15, 0.2) is 12.1 Å². The van der Waals surface area contributed by atoms with E-state index in [2.05, 4.69) is 0 Å². The van der Waals surface area contributed by atoms with Crippen LogP contribution in [0.4, 0.5) is 5.69 Å². The Morgan fingerprint density at radius 2 is 2.12 bits per heavy atom. The van der Waals surface area contributed by atoms with E-state index in [-0.39, 0.29) is 25.2 Å². The number of hydrogen-bond donors (Lipinski definition) is 0. The molecule has 1 aliphatic rings. The highest BCUT2D eigenvalue weighted by Gasteiger charge is 2.23. The summed E-state index contributed by atoms with van der Waals surface area (Å²) in [5.74, 6) is 0.861. The van der Waals surface area contributed by atoms with E-state index in [0.29, 0.717) is 17.1 Å². The summed E-state index contributed by atoms with van der Waals surface area (Å²) in [7, 11) is 0. The van der Waals surface area contributed by atoms with Crippen molar-refractivity contribution in [3.8, 4) is 11.5 Å². The third kappa shape index (κ3) is 2.02. The number of nitro benzene ring substituents is 1. The molecule has 0 unspecified atom stereocenters. The lowest BCUT2D eigenvalue weighted by Crippen LogP contribution is -1.98. The number of ether oxygens (including phenoxy) is 3. The van der Waals surface area contributed by atoms with Gasteiger partial charge in [0, 0.05) is 0 Å². The first-order valence-corrected chi connectivity index (χ1v) is 4.96. The molecule has 0 aliphatic carbocycles. The third-order valence-electron chi connectivity index (χ3n) is 2.11. The van der Waals surface area contributed by atoms with Crippen molar-refractivity contribution in [2.75, 3.05) is 12.9 Å². The number of nitro groups is 1. The largest absolute Gasteiger partial charge is 0.454 e. The van der Waals surface area contributed by atoms with Crippen molar-refractivity contribution in [3.05, 3.63) is 27.8 Å². The van der Waals surface area contributed by atoms with E-state index >= 15 is 0 Å². The Hall–Kier alpha value is -1.53. The molecule has 0 bridgehead atoms. The van der Waals surface area contributed by atoms with Crippen molar-refractivity contribution in [1.82, 2.24) is 0 Å². The standard InChI is InChI=1S/C9H8ClNO5/c10-4-14-3-6-1-8-9(16-5-15-8)2-7(6)11(12)13/h1-2H,3-5H2. The van der Waals surface area contributed by atoms with Gasteiger partial charge in [0.2, 0.25) is 6.79 Å². The Bertz CT molecular complexity index is 423. The van der Waals surface area contributed by atoms with Gasteiger partial charge in [-0.1, -0.05) is 11.6 Å². The molecule has 7 heteroatoms. The third-order valence-corrected chi connectivity index (χ3v) is 2.26. The SMILES string of the molecule is O=[N+]([O-])c1cc2c(cc1COCCl)OCO2. The first kappa shape index (κ1) is 11.0. The summed E-state index contributed by atoms with van der Waals surface area (Å²) in [4.78, 5) is 10.3. The average Bonchev–Trinajstić information content (AvgIpc) is 2.71. The Morgan fingerprint density at radius 1 is 1.44 bits per heavy atom. The number of alkyl halides is 1. The van der Waals surface area contributed by atoms with Gasteiger partial charge in [0.15, 0.2) is 11.5 Å². The number of benzene rings is 1. The molecule has 0 atom stereocenters. The summed E-state index contributed by atoms with van der Waals surface area (Å²) in [6, 6.07) is 2.84. The van der Waals surface area contributed by atoms with Gasteiger partial charge < -0.3 is 14.2 Å². The van der Waals surface area contributed by atoms with Crippen LogP contribution in [0, 0.1) is 10.1 Å². The number of rotatable bonds is 4. The molecule has 6 nitrogen and oxygen atoms in total. The molecule has 1 aromatic carbocycles. The topological polar surface area (TPSA) is 70.8 Å². The van der Waals surface area contributed by atoms with Gasteiger partial charge in [-0.3, -0.25) is 10.1 Å². The molecule has 1 heterocycles. The van der Waals surface area contributed by atoms with E-state index in [1.54, 1.807) is 0 Å². The zero-order chi connectivity index (χ0) is 11.5.